The molecule has 1 aliphatic carbocycles. The molecule has 2 rings (SSSR count). The number of nitrogens with one attached hydrogen (secondary N) is 1. The van der Waals surface area contributed by atoms with Gasteiger partial charge in [-0.2, -0.15) is 0 Å². The monoisotopic (exact) mass is 197 g/mol. The molecule has 0 aromatic carbocycles. The minimum Gasteiger partial charge on any atom is -0.359 e. The van der Waals surface area contributed by atoms with E-state index in [1.54, 1.807) is 7.05 Å². The molecule has 0 bridgehead atoms. The summed E-state index contributed by atoms with van der Waals surface area (Å²) in [4.78, 5) is 13.3. The van der Waals surface area contributed by atoms with Crippen LogP contribution in [-0.2, 0) is 4.79 Å². The molecule has 1 amide bonds. The number of hydrogen-bond acceptors (Lipinski definition) is 3. The highest BCUT2D eigenvalue weighted by atomic mass is 16.1. The van der Waals surface area contributed by atoms with Gasteiger partial charge in [0.05, 0.1) is 0 Å². The largest absolute Gasteiger partial charge is 0.359 e. The summed E-state index contributed by atoms with van der Waals surface area (Å²) in [7, 11) is 1.68. The number of nitrogens with two attached hydrogens (primary N) is 1. The maximum Gasteiger partial charge on any atom is 0.221 e. The third-order valence-electron chi connectivity index (χ3n) is 3.36. The maximum absolute atomic E-state index is 11.0. The lowest BCUT2D eigenvalue weighted by atomic mass is 9.85. The van der Waals surface area contributed by atoms with Crippen molar-refractivity contribution in [3.05, 3.63) is 0 Å². The van der Waals surface area contributed by atoms with E-state index in [-0.39, 0.29) is 11.4 Å². The van der Waals surface area contributed by atoms with Crippen molar-refractivity contribution in [2.24, 2.45) is 11.7 Å². The summed E-state index contributed by atoms with van der Waals surface area (Å²) in [5, 5.41) is 2.63. The quantitative estimate of drug-likeness (QED) is 0.641. The van der Waals surface area contributed by atoms with Crippen LogP contribution in [0.25, 0.3) is 0 Å². The Kier molecular flexibility index (Phi) is 2.49. The third-order valence-corrected chi connectivity index (χ3v) is 3.36. The van der Waals surface area contributed by atoms with Gasteiger partial charge in [0, 0.05) is 38.6 Å². The van der Waals surface area contributed by atoms with Gasteiger partial charge in [-0.1, -0.05) is 0 Å². The molecule has 1 saturated carbocycles. The van der Waals surface area contributed by atoms with Gasteiger partial charge in [-0.15, -0.1) is 0 Å². The van der Waals surface area contributed by atoms with Crippen LogP contribution in [0.3, 0.4) is 0 Å². The van der Waals surface area contributed by atoms with Gasteiger partial charge in [0.1, 0.15) is 0 Å². The fourth-order valence-electron chi connectivity index (χ4n) is 2.25. The van der Waals surface area contributed by atoms with Crippen LogP contribution in [0.4, 0.5) is 0 Å². The first kappa shape index (κ1) is 9.93. The molecule has 0 radical (unpaired) electrons. The molecule has 1 heterocycles. The molecule has 0 spiro atoms. The number of hydrogen-bond donors (Lipinski definition) is 2. The van der Waals surface area contributed by atoms with Gasteiger partial charge in [-0.25, -0.2) is 0 Å². The van der Waals surface area contributed by atoms with Crippen LogP contribution in [0.1, 0.15) is 19.3 Å². The third kappa shape index (κ3) is 1.91. The first-order chi connectivity index (χ1) is 6.64. The lowest BCUT2D eigenvalue weighted by molar-refractivity contribution is -0.121. The average molecular weight is 197 g/mol. The molecule has 1 saturated heterocycles. The summed E-state index contributed by atoms with van der Waals surface area (Å²) in [6.45, 7) is 2.81. The average Bonchev–Trinajstić information content (AvgIpc) is 2.92. The van der Waals surface area contributed by atoms with Crippen molar-refractivity contribution in [3.63, 3.8) is 0 Å². The minimum absolute atomic E-state index is 0.0860. The van der Waals surface area contributed by atoms with Crippen molar-refractivity contribution in [2.75, 3.05) is 26.7 Å². The summed E-state index contributed by atoms with van der Waals surface area (Å²) in [5.41, 5.74) is 6.28. The number of rotatable bonds is 4. The van der Waals surface area contributed by atoms with E-state index in [1.807, 2.05) is 0 Å². The van der Waals surface area contributed by atoms with E-state index in [2.05, 4.69) is 10.2 Å². The van der Waals surface area contributed by atoms with Gasteiger partial charge in [-0.3, -0.25) is 9.69 Å². The molecular weight excluding hydrogens is 178 g/mol. The maximum atomic E-state index is 11.0. The standard InChI is InChI=1S/C10H19N3O/c1-12-9(14)4-5-13-6-10(11,7-13)8-2-3-8/h8H,2-7,11H2,1H3,(H,12,14). The molecule has 2 aliphatic rings. The second-order valence-corrected chi connectivity index (χ2v) is 4.64. The Morgan fingerprint density at radius 2 is 2.21 bits per heavy atom. The minimum atomic E-state index is 0.0860. The molecule has 14 heavy (non-hydrogen) atoms. The van der Waals surface area contributed by atoms with Crippen molar-refractivity contribution in [1.29, 1.82) is 0 Å². The Morgan fingerprint density at radius 3 is 2.71 bits per heavy atom. The zero-order valence-electron chi connectivity index (χ0n) is 8.75. The molecule has 4 nitrogen and oxygen atoms in total. The van der Waals surface area contributed by atoms with Gasteiger partial charge in [-0.05, 0) is 18.8 Å². The van der Waals surface area contributed by atoms with E-state index in [4.69, 9.17) is 5.73 Å². The zero-order valence-corrected chi connectivity index (χ0v) is 8.75. The molecule has 1 aliphatic heterocycles. The van der Waals surface area contributed by atoms with E-state index >= 15 is 0 Å². The molecule has 0 aromatic rings. The number of carbonyl (C=O) groups excluding carboxylic acids is 1. The van der Waals surface area contributed by atoms with Crippen LogP contribution in [-0.4, -0.2) is 43.0 Å². The van der Waals surface area contributed by atoms with Gasteiger partial charge < -0.3 is 11.1 Å². The summed E-state index contributed by atoms with van der Waals surface area (Å²) < 4.78 is 0. The molecule has 80 valence electrons. The number of amides is 1. The summed E-state index contributed by atoms with van der Waals surface area (Å²) >= 11 is 0. The van der Waals surface area contributed by atoms with E-state index in [0.717, 1.165) is 25.6 Å². The molecular formula is C10H19N3O. The van der Waals surface area contributed by atoms with Crippen molar-refractivity contribution in [1.82, 2.24) is 10.2 Å². The second kappa shape index (κ2) is 3.51. The van der Waals surface area contributed by atoms with Gasteiger partial charge >= 0.3 is 0 Å². The predicted octanol–water partition coefficient (Wildman–Crippen LogP) is -0.454. The van der Waals surface area contributed by atoms with Crippen LogP contribution in [0, 0.1) is 5.92 Å². The van der Waals surface area contributed by atoms with Gasteiger partial charge in [0.25, 0.3) is 0 Å². The van der Waals surface area contributed by atoms with Crippen molar-refractivity contribution < 1.29 is 4.79 Å². The number of likely N-dealkylation sites (tertiary alicyclic amines) is 1. The Balaban J connectivity index is 1.65. The summed E-state index contributed by atoms with van der Waals surface area (Å²) in [6.07, 6.45) is 3.21. The fraction of sp³-hybridized carbons (Fsp3) is 0.900. The second-order valence-electron chi connectivity index (χ2n) is 4.64. The molecule has 2 fully saturated rings. The SMILES string of the molecule is CNC(=O)CCN1CC(N)(C2CC2)C1. The van der Waals surface area contributed by atoms with Crippen LogP contribution in [0.15, 0.2) is 0 Å². The smallest absolute Gasteiger partial charge is 0.221 e. The first-order valence-corrected chi connectivity index (χ1v) is 5.36. The normalized spacial score (nSPS) is 25.6. The van der Waals surface area contributed by atoms with E-state index in [9.17, 15) is 4.79 Å². The fourth-order valence-corrected chi connectivity index (χ4v) is 2.25. The van der Waals surface area contributed by atoms with Crippen molar-refractivity contribution in [2.45, 2.75) is 24.8 Å². The predicted molar refractivity (Wildman–Crippen MR) is 54.8 cm³/mol. The van der Waals surface area contributed by atoms with E-state index in [0.29, 0.717) is 6.42 Å². The first-order valence-electron chi connectivity index (χ1n) is 5.36. The lowest BCUT2D eigenvalue weighted by Gasteiger charge is -2.48. The highest BCUT2D eigenvalue weighted by molar-refractivity contribution is 5.75. The Labute approximate surface area is 84.8 Å². The number of carbonyl (C=O) groups is 1. The lowest BCUT2D eigenvalue weighted by Crippen LogP contribution is -2.68. The Morgan fingerprint density at radius 1 is 1.57 bits per heavy atom. The molecule has 0 aromatic heterocycles. The topological polar surface area (TPSA) is 58.4 Å². The van der Waals surface area contributed by atoms with Crippen LogP contribution < -0.4 is 11.1 Å². The number of nitrogens with zero attached hydrogens (tertiary/aromatic N) is 1. The summed E-state index contributed by atoms with van der Waals surface area (Å²) in [6, 6.07) is 0. The molecule has 0 atom stereocenters. The zero-order chi connectivity index (χ0) is 10.2. The van der Waals surface area contributed by atoms with Gasteiger partial charge in [0.15, 0.2) is 0 Å². The van der Waals surface area contributed by atoms with Crippen LogP contribution >= 0.6 is 0 Å². The van der Waals surface area contributed by atoms with Crippen molar-refractivity contribution in [3.8, 4) is 0 Å². The highest BCUT2D eigenvalue weighted by Crippen LogP contribution is 2.42. The van der Waals surface area contributed by atoms with Gasteiger partial charge in [0.2, 0.25) is 5.91 Å². The van der Waals surface area contributed by atoms with Crippen LogP contribution in [0.2, 0.25) is 0 Å². The Bertz CT molecular complexity index is 232. The molecule has 4 heteroatoms. The van der Waals surface area contributed by atoms with Crippen LogP contribution in [0.5, 0.6) is 0 Å². The molecule has 0 unspecified atom stereocenters. The highest BCUT2D eigenvalue weighted by Gasteiger charge is 2.49. The Hall–Kier alpha value is -0.610. The van der Waals surface area contributed by atoms with E-state index < -0.39 is 0 Å². The molecule has 3 N–H and O–H groups in total. The summed E-state index contributed by atoms with van der Waals surface area (Å²) in [5.74, 6) is 0.879. The van der Waals surface area contributed by atoms with E-state index in [1.165, 1.54) is 12.8 Å². The van der Waals surface area contributed by atoms with Crippen molar-refractivity contribution >= 4 is 5.91 Å².